The molecule has 2 atom stereocenters. The highest BCUT2D eigenvalue weighted by Gasteiger charge is 2.19. The molecule has 0 heterocycles. The minimum absolute atomic E-state index is 0.157. The normalized spacial score (nSPS) is 13.2. The van der Waals surface area contributed by atoms with Gasteiger partial charge in [-0.1, -0.05) is 0 Å². The van der Waals surface area contributed by atoms with Gasteiger partial charge in [-0.2, -0.15) is 0 Å². The van der Waals surface area contributed by atoms with E-state index in [1.54, 1.807) is 36.4 Å². The van der Waals surface area contributed by atoms with Crippen LogP contribution >= 0.6 is 0 Å². The first-order valence-corrected chi connectivity index (χ1v) is 7.28. The van der Waals surface area contributed by atoms with Crippen molar-refractivity contribution in [2.75, 3.05) is 36.1 Å². The van der Waals surface area contributed by atoms with E-state index in [-0.39, 0.29) is 13.2 Å². The van der Waals surface area contributed by atoms with Crippen molar-refractivity contribution in [3.05, 3.63) is 36.4 Å². The van der Waals surface area contributed by atoms with Gasteiger partial charge in [-0.25, -0.2) is 0 Å². The van der Waals surface area contributed by atoms with Gasteiger partial charge in [-0.15, -0.1) is 0 Å². The van der Waals surface area contributed by atoms with E-state index in [4.69, 9.17) is 32.4 Å². The molecule has 2 rings (SSSR count). The van der Waals surface area contributed by atoms with E-state index >= 15 is 0 Å². The zero-order valence-electron chi connectivity index (χ0n) is 13.1. The van der Waals surface area contributed by atoms with Crippen molar-refractivity contribution in [2.45, 2.75) is 12.2 Å². The fourth-order valence-corrected chi connectivity index (χ4v) is 1.97. The average molecular weight is 334 g/mol. The number of aliphatic hydroxyl groups excluding tert-OH is 2. The quantitative estimate of drug-likeness (QED) is 0.391. The SMILES string of the molecule is Nc1ccc(OCC(O)C(O)COc2ccc(N)cc2N)c(N)c1. The molecule has 2 unspecified atom stereocenters. The average Bonchev–Trinajstić information content (AvgIpc) is 2.52. The summed E-state index contributed by atoms with van der Waals surface area (Å²) >= 11 is 0. The van der Waals surface area contributed by atoms with Gasteiger partial charge in [0.05, 0.1) is 11.4 Å². The topological polar surface area (TPSA) is 163 Å². The molecule has 0 aromatic heterocycles. The Labute approximate surface area is 139 Å². The van der Waals surface area contributed by atoms with Gasteiger partial charge in [-0.05, 0) is 36.4 Å². The standard InChI is InChI=1S/C16H22N4O4/c17-9-1-3-15(11(19)5-9)23-7-13(21)14(22)8-24-16-4-2-10(18)6-12(16)20/h1-6,13-14,21-22H,7-8,17-20H2. The molecule has 0 radical (unpaired) electrons. The maximum Gasteiger partial charge on any atom is 0.142 e. The summed E-state index contributed by atoms with van der Waals surface area (Å²) in [7, 11) is 0. The van der Waals surface area contributed by atoms with E-state index in [9.17, 15) is 10.2 Å². The summed E-state index contributed by atoms with van der Waals surface area (Å²) in [6.07, 6.45) is -2.34. The van der Waals surface area contributed by atoms with Gasteiger partial charge < -0.3 is 42.6 Å². The number of anilines is 4. The van der Waals surface area contributed by atoms with Crippen LogP contribution in [-0.4, -0.2) is 35.6 Å². The predicted octanol–water partition coefficient (Wildman–Crippen LogP) is 0.195. The van der Waals surface area contributed by atoms with Crippen molar-refractivity contribution < 1.29 is 19.7 Å². The Morgan fingerprint density at radius 2 is 1.08 bits per heavy atom. The van der Waals surface area contributed by atoms with Gasteiger partial charge in [-0.3, -0.25) is 0 Å². The molecule has 0 aliphatic heterocycles. The molecule has 8 heteroatoms. The fourth-order valence-electron chi connectivity index (χ4n) is 1.97. The first-order valence-electron chi connectivity index (χ1n) is 7.28. The van der Waals surface area contributed by atoms with Crippen LogP contribution in [0.1, 0.15) is 0 Å². The number of benzene rings is 2. The van der Waals surface area contributed by atoms with E-state index in [2.05, 4.69) is 0 Å². The van der Waals surface area contributed by atoms with E-state index in [0.29, 0.717) is 34.2 Å². The number of rotatable bonds is 7. The molecule has 10 N–H and O–H groups in total. The fraction of sp³-hybridized carbons (Fsp3) is 0.250. The monoisotopic (exact) mass is 334 g/mol. The van der Waals surface area contributed by atoms with Crippen molar-refractivity contribution in [3.8, 4) is 11.5 Å². The van der Waals surface area contributed by atoms with E-state index in [1.165, 1.54) is 0 Å². The molecule has 0 aliphatic rings. The smallest absolute Gasteiger partial charge is 0.142 e. The minimum atomic E-state index is -1.17. The van der Waals surface area contributed by atoms with Crippen LogP contribution in [0.3, 0.4) is 0 Å². The van der Waals surface area contributed by atoms with Crippen molar-refractivity contribution in [2.24, 2.45) is 0 Å². The van der Waals surface area contributed by atoms with Crippen LogP contribution in [0, 0.1) is 0 Å². The first kappa shape index (κ1) is 17.5. The molecule has 0 aliphatic carbocycles. The number of ether oxygens (including phenoxy) is 2. The summed E-state index contributed by atoms with van der Waals surface area (Å²) in [6, 6.07) is 9.53. The maximum atomic E-state index is 9.94. The second kappa shape index (κ2) is 7.62. The molecule has 8 nitrogen and oxygen atoms in total. The highest BCUT2D eigenvalue weighted by Crippen LogP contribution is 2.25. The Bertz CT molecular complexity index is 636. The molecule has 0 spiro atoms. The molecule has 0 saturated carbocycles. The number of aliphatic hydroxyl groups is 2. The highest BCUT2D eigenvalue weighted by atomic mass is 16.5. The van der Waals surface area contributed by atoms with Crippen LogP contribution < -0.4 is 32.4 Å². The van der Waals surface area contributed by atoms with Crippen molar-refractivity contribution >= 4 is 22.7 Å². The Hall–Kier alpha value is -2.84. The number of hydrogen-bond donors (Lipinski definition) is 6. The van der Waals surface area contributed by atoms with Crippen LogP contribution in [0.4, 0.5) is 22.7 Å². The molecule has 130 valence electrons. The van der Waals surface area contributed by atoms with Gasteiger partial charge in [0.15, 0.2) is 0 Å². The zero-order valence-corrected chi connectivity index (χ0v) is 13.1. The third kappa shape index (κ3) is 4.58. The summed E-state index contributed by atoms with van der Waals surface area (Å²) in [6.45, 7) is -0.314. The minimum Gasteiger partial charge on any atom is -0.489 e. The van der Waals surface area contributed by atoms with Gasteiger partial charge in [0.25, 0.3) is 0 Å². The lowest BCUT2D eigenvalue weighted by Crippen LogP contribution is -2.36. The lowest BCUT2D eigenvalue weighted by atomic mass is 10.2. The number of nitrogen functional groups attached to an aromatic ring is 4. The Morgan fingerprint density at radius 3 is 1.42 bits per heavy atom. The third-order valence-electron chi connectivity index (χ3n) is 3.33. The molecule has 0 bridgehead atoms. The summed E-state index contributed by atoms with van der Waals surface area (Å²) in [5.74, 6) is 0.748. The van der Waals surface area contributed by atoms with E-state index < -0.39 is 12.2 Å². The lowest BCUT2D eigenvalue weighted by Gasteiger charge is -2.20. The molecule has 0 saturated heterocycles. The van der Waals surface area contributed by atoms with Gasteiger partial charge in [0.2, 0.25) is 0 Å². The highest BCUT2D eigenvalue weighted by molar-refractivity contribution is 5.61. The molecule has 24 heavy (non-hydrogen) atoms. The molecule has 2 aromatic rings. The number of hydrogen-bond acceptors (Lipinski definition) is 8. The Kier molecular flexibility index (Phi) is 5.56. The van der Waals surface area contributed by atoms with Crippen LogP contribution in [0.15, 0.2) is 36.4 Å². The second-order valence-electron chi connectivity index (χ2n) is 5.35. The maximum absolute atomic E-state index is 9.94. The lowest BCUT2D eigenvalue weighted by molar-refractivity contribution is -0.0286. The molecular weight excluding hydrogens is 312 g/mol. The Morgan fingerprint density at radius 1 is 0.708 bits per heavy atom. The summed E-state index contributed by atoms with van der Waals surface area (Å²) in [4.78, 5) is 0. The molecule has 2 aromatic carbocycles. The summed E-state index contributed by atoms with van der Waals surface area (Å²) < 4.78 is 10.8. The van der Waals surface area contributed by atoms with Crippen LogP contribution in [0.2, 0.25) is 0 Å². The van der Waals surface area contributed by atoms with Gasteiger partial charge in [0.1, 0.15) is 36.9 Å². The second-order valence-corrected chi connectivity index (χ2v) is 5.35. The van der Waals surface area contributed by atoms with Crippen molar-refractivity contribution in [1.29, 1.82) is 0 Å². The predicted molar refractivity (Wildman–Crippen MR) is 93.5 cm³/mol. The van der Waals surface area contributed by atoms with Gasteiger partial charge in [0, 0.05) is 11.4 Å². The van der Waals surface area contributed by atoms with E-state index in [0.717, 1.165) is 0 Å². The summed E-state index contributed by atoms with van der Waals surface area (Å²) in [5, 5.41) is 19.9. The summed E-state index contributed by atoms with van der Waals surface area (Å²) in [5.41, 5.74) is 24.4. The van der Waals surface area contributed by atoms with Crippen LogP contribution in [-0.2, 0) is 0 Å². The first-order chi connectivity index (χ1) is 11.4. The Balaban J connectivity index is 1.84. The number of nitrogens with two attached hydrogens (primary N) is 4. The van der Waals surface area contributed by atoms with E-state index in [1.807, 2.05) is 0 Å². The zero-order chi connectivity index (χ0) is 17.7. The molecule has 0 amide bonds. The van der Waals surface area contributed by atoms with Crippen molar-refractivity contribution in [1.82, 2.24) is 0 Å². The van der Waals surface area contributed by atoms with Crippen molar-refractivity contribution in [3.63, 3.8) is 0 Å². The van der Waals surface area contributed by atoms with Crippen LogP contribution in [0.5, 0.6) is 11.5 Å². The molecular formula is C16H22N4O4. The largest absolute Gasteiger partial charge is 0.489 e. The van der Waals surface area contributed by atoms with Crippen LogP contribution in [0.25, 0.3) is 0 Å². The van der Waals surface area contributed by atoms with Gasteiger partial charge >= 0.3 is 0 Å². The molecule has 0 fully saturated rings. The third-order valence-corrected chi connectivity index (χ3v) is 3.33.